The van der Waals surface area contributed by atoms with Gasteiger partial charge in [-0.05, 0) is 142 Å². The van der Waals surface area contributed by atoms with E-state index in [9.17, 15) is 32.7 Å². The van der Waals surface area contributed by atoms with Gasteiger partial charge in [-0.25, -0.2) is 13.8 Å². The molecule has 16 nitrogen and oxygen atoms in total. The van der Waals surface area contributed by atoms with Crippen LogP contribution >= 0.6 is 0 Å². The number of hydrazine groups is 1. The highest BCUT2D eigenvalue weighted by Gasteiger charge is 2.39. The van der Waals surface area contributed by atoms with E-state index in [-0.39, 0.29) is 54.9 Å². The number of hydrogen-bond acceptors (Lipinski definition) is 12. The molecule has 3 amide bonds. The van der Waals surface area contributed by atoms with Gasteiger partial charge in [0.1, 0.15) is 23.9 Å². The van der Waals surface area contributed by atoms with E-state index >= 15 is 0 Å². The number of nitrogens with one attached hydrogen (secondary N) is 2. The van der Waals surface area contributed by atoms with E-state index in [2.05, 4.69) is 53.2 Å². The number of carbonyl (C=O) groups is 4. The maximum atomic E-state index is 14.9. The first-order valence-corrected chi connectivity index (χ1v) is 28.1. The van der Waals surface area contributed by atoms with Crippen molar-refractivity contribution in [2.45, 2.75) is 155 Å². The molecule has 2 aliphatic heterocycles. The van der Waals surface area contributed by atoms with Crippen LogP contribution in [0.15, 0.2) is 54.9 Å². The predicted molar refractivity (Wildman–Crippen MR) is 284 cm³/mol. The summed E-state index contributed by atoms with van der Waals surface area (Å²) in [5.41, 5.74) is 15.7. The standard InChI is InChI=1S/C56H79N7O9S/c1-10-38(16-14-35(5)73(69,70)32-36-15-18-42(57)24-36)53(66)61(8)50(34(3)4)52(65)59-48-26-37-23-41(27-43(64)25-37)39-17-19-49-44(28-39)45(51(62(49)11-2)46-30-58-21-20-40(46)31-71-9)29-56(6,7)33-72-55(68)47-13-12-22-63(60-47)54(48)67/h17,19-21,23,25,27-28,30,34-36,38,42,47-48,50,60,64H,10-16,18,22,24,26,29,31-33,57H2,1-9H3,(H,59,65)/t35-,36+,38-,42?,47+,48+,50+/m1/s1. The van der Waals surface area contributed by atoms with Crippen molar-refractivity contribution in [3.63, 3.8) is 0 Å². The highest BCUT2D eigenvalue weighted by molar-refractivity contribution is 7.92. The van der Waals surface area contributed by atoms with Gasteiger partial charge < -0.3 is 35.1 Å². The lowest BCUT2D eigenvalue weighted by Crippen LogP contribution is -2.62. The number of aromatic nitrogens is 2. The number of phenolic OH excluding ortho intramolecular Hbond substituents is 1. The topological polar surface area (TPSA) is 215 Å². The second-order valence-corrected chi connectivity index (χ2v) is 24.5. The Kier molecular flexibility index (Phi) is 17.8. The number of nitrogens with zero attached hydrogens (tertiary/aromatic N) is 4. The lowest BCUT2D eigenvalue weighted by Gasteiger charge is -2.37. The third-order valence-electron chi connectivity index (χ3n) is 15.4. The van der Waals surface area contributed by atoms with Gasteiger partial charge in [0.2, 0.25) is 11.8 Å². The number of likely N-dealkylation sites (N-methyl/N-ethyl adjacent to an activating group) is 1. The zero-order chi connectivity index (χ0) is 52.9. The van der Waals surface area contributed by atoms with Crippen LogP contribution in [0.25, 0.3) is 33.3 Å². The number of nitrogens with two attached hydrogens (primary N) is 1. The van der Waals surface area contributed by atoms with Crippen molar-refractivity contribution in [1.82, 2.24) is 30.2 Å². The van der Waals surface area contributed by atoms with Crippen molar-refractivity contribution in [3.05, 3.63) is 71.5 Å². The van der Waals surface area contributed by atoms with Crippen LogP contribution in [0.5, 0.6) is 5.75 Å². The maximum Gasteiger partial charge on any atom is 0.324 e. The molecule has 7 rings (SSSR count). The largest absolute Gasteiger partial charge is 0.508 e. The van der Waals surface area contributed by atoms with Crippen molar-refractivity contribution in [3.8, 4) is 28.1 Å². The maximum absolute atomic E-state index is 14.9. The third-order valence-corrected chi connectivity index (χ3v) is 17.8. The van der Waals surface area contributed by atoms with Crippen LogP contribution in [0.3, 0.4) is 0 Å². The van der Waals surface area contributed by atoms with E-state index in [1.165, 1.54) is 9.91 Å². The van der Waals surface area contributed by atoms with E-state index in [0.29, 0.717) is 69.2 Å². The van der Waals surface area contributed by atoms with E-state index in [4.69, 9.17) is 15.2 Å². The van der Waals surface area contributed by atoms with Gasteiger partial charge in [0.25, 0.3) is 5.91 Å². The highest BCUT2D eigenvalue weighted by atomic mass is 32.2. The summed E-state index contributed by atoms with van der Waals surface area (Å²) in [6.45, 7) is 14.9. The second-order valence-electron chi connectivity index (χ2n) is 22.1. The fourth-order valence-electron chi connectivity index (χ4n) is 11.4. The summed E-state index contributed by atoms with van der Waals surface area (Å²) in [6.07, 6.45) is 8.48. The van der Waals surface area contributed by atoms with Crippen molar-refractivity contribution in [2.24, 2.45) is 28.9 Å². The van der Waals surface area contributed by atoms with Gasteiger partial charge in [-0.1, -0.05) is 46.8 Å². The van der Waals surface area contributed by atoms with Gasteiger partial charge in [-0.2, -0.15) is 0 Å². The smallest absolute Gasteiger partial charge is 0.324 e. The number of hydrogen-bond donors (Lipinski definition) is 4. The molecule has 1 saturated heterocycles. The average molecular weight is 1030 g/mol. The molecule has 2 fully saturated rings. The molecule has 3 aliphatic rings. The van der Waals surface area contributed by atoms with Crippen LogP contribution < -0.4 is 16.5 Å². The number of sulfone groups is 1. The number of aryl methyl sites for hydroxylation is 1. The molecule has 0 spiro atoms. The zero-order valence-corrected chi connectivity index (χ0v) is 45.2. The average Bonchev–Trinajstić information content (AvgIpc) is 3.90. The van der Waals surface area contributed by atoms with Gasteiger partial charge >= 0.3 is 5.97 Å². The SMILES string of the molecule is CC[C@H](CC[C@@H](C)S(=O)(=O)C[C@H]1CCC(N)C1)C(=O)N(C)[C@H](C(=O)N[C@H]1Cc2cc(O)cc(c2)-c2ccc3c(c2)c(c(-c2cnccc2COC)n3CC)CC(C)(C)COC(=O)[C@@H]2CCCN(N2)C1=O)C(C)C. The number of amides is 3. The van der Waals surface area contributed by atoms with Crippen LogP contribution in [0.1, 0.15) is 117 Å². The molecular weight excluding hydrogens is 947 g/mol. The molecule has 0 radical (unpaired) electrons. The summed E-state index contributed by atoms with van der Waals surface area (Å²) in [7, 11) is -0.152. The number of aromatic hydroxyl groups is 1. The quantitative estimate of drug-likeness (QED) is 0.0827. The van der Waals surface area contributed by atoms with E-state index in [1.54, 1.807) is 39.4 Å². The van der Waals surface area contributed by atoms with Crippen molar-refractivity contribution in [2.75, 3.05) is 33.1 Å². The molecule has 1 unspecified atom stereocenters. The number of fused-ring (bicyclic) bond motifs is 6. The normalized spacial score (nSPS) is 21.9. The minimum absolute atomic E-state index is 0.0213. The summed E-state index contributed by atoms with van der Waals surface area (Å²) in [6, 6.07) is 10.4. The van der Waals surface area contributed by atoms with Gasteiger partial charge in [0, 0.05) is 79.9 Å². The number of ether oxygens (including phenoxy) is 2. The van der Waals surface area contributed by atoms with E-state index in [0.717, 1.165) is 51.7 Å². The summed E-state index contributed by atoms with van der Waals surface area (Å²) < 4.78 is 40.8. The molecular formula is C56H79N7O9S. The molecule has 7 atom stereocenters. The number of cyclic esters (lactones) is 1. The monoisotopic (exact) mass is 1030 g/mol. The molecule has 2 aromatic heterocycles. The molecule has 5 N–H and O–H groups in total. The first kappa shape index (κ1) is 55.4. The molecule has 17 heteroatoms. The van der Waals surface area contributed by atoms with Gasteiger partial charge in [0.05, 0.1) is 29.9 Å². The Hall–Kier alpha value is -5.36. The van der Waals surface area contributed by atoms with Crippen molar-refractivity contribution >= 4 is 44.4 Å². The number of pyridine rings is 1. The van der Waals surface area contributed by atoms with Crippen LogP contribution in [0.4, 0.5) is 0 Å². The Morgan fingerprint density at radius 2 is 1.82 bits per heavy atom. The first-order valence-electron chi connectivity index (χ1n) is 26.3. The van der Waals surface area contributed by atoms with Crippen LogP contribution in [0.2, 0.25) is 0 Å². The Morgan fingerprint density at radius 3 is 2.51 bits per heavy atom. The van der Waals surface area contributed by atoms with Crippen LogP contribution in [-0.2, 0) is 64.5 Å². The summed E-state index contributed by atoms with van der Waals surface area (Å²) in [4.78, 5) is 63.9. The second kappa shape index (κ2) is 23.5. The molecule has 6 bridgehead atoms. The zero-order valence-electron chi connectivity index (χ0n) is 44.4. The minimum Gasteiger partial charge on any atom is -0.508 e. The number of methoxy groups -OCH3 is 1. The number of esters is 1. The fourth-order valence-corrected chi connectivity index (χ4v) is 13.2. The van der Waals surface area contributed by atoms with Crippen molar-refractivity contribution < 1.29 is 42.2 Å². The third kappa shape index (κ3) is 12.8. The summed E-state index contributed by atoms with van der Waals surface area (Å²) in [5.74, 6) is -2.60. The number of phenols is 1. The predicted octanol–water partition coefficient (Wildman–Crippen LogP) is 7.11. The van der Waals surface area contributed by atoms with Gasteiger partial charge in [-0.15, -0.1) is 0 Å². The molecule has 1 saturated carbocycles. The van der Waals surface area contributed by atoms with Gasteiger partial charge in [0.15, 0.2) is 9.84 Å². The first-order chi connectivity index (χ1) is 34.6. The Bertz CT molecular complexity index is 2760. The summed E-state index contributed by atoms with van der Waals surface area (Å²) in [5, 5.41) is 16.1. The van der Waals surface area contributed by atoms with Gasteiger partial charge in [-0.3, -0.25) is 29.2 Å². The van der Waals surface area contributed by atoms with Crippen LogP contribution in [-0.4, -0.2) is 119 Å². The lowest BCUT2D eigenvalue weighted by atomic mass is 9.84. The number of carbonyl (C=O) groups excluding carboxylic acids is 4. The number of rotatable bonds is 16. The van der Waals surface area contributed by atoms with Crippen LogP contribution in [0, 0.1) is 23.2 Å². The number of benzene rings is 2. The molecule has 4 heterocycles. The molecule has 4 aromatic rings. The molecule has 1 aliphatic carbocycles. The van der Waals surface area contributed by atoms with E-state index < -0.39 is 62.3 Å². The lowest BCUT2D eigenvalue weighted by molar-refractivity contribution is -0.155. The van der Waals surface area contributed by atoms with E-state index in [1.807, 2.05) is 45.2 Å². The highest BCUT2D eigenvalue weighted by Crippen LogP contribution is 2.41. The Balaban J connectivity index is 1.22. The molecule has 2 aromatic carbocycles. The van der Waals surface area contributed by atoms with Crippen molar-refractivity contribution in [1.29, 1.82) is 0 Å². The fraction of sp³-hybridized carbons (Fsp3) is 0.589. The molecule has 73 heavy (non-hydrogen) atoms. The summed E-state index contributed by atoms with van der Waals surface area (Å²) >= 11 is 0. The Labute approximate surface area is 432 Å². The minimum atomic E-state index is -3.41. The molecule has 398 valence electrons. The Morgan fingerprint density at radius 1 is 1.05 bits per heavy atom.